The fraction of sp³-hybridized carbons (Fsp3) is 0. The second-order valence-corrected chi connectivity index (χ2v) is 37.0. The Labute approximate surface area is 869 Å². The summed E-state index contributed by atoms with van der Waals surface area (Å²) in [6, 6.07) is 175. The van der Waals surface area contributed by atoms with Gasteiger partial charge in [-0.05, 0) is 200 Å². The number of aromatic nitrogens is 9. The number of nitrogens with zero attached hydrogens (tertiary/aromatic N) is 9. The number of hydrogen-bond donors (Lipinski definition) is 0. The van der Waals surface area contributed by atoms with Crippen molar-refractivity contribution >= 4 is 130 Å². The first kappa shape index (κ1) is 90.7. The van der Waals surface area contributed by atoms with Crippen LogP contribution in [0.5, 0.6) is 0 Å². The average molecular weight is 2400 g/mol. The van der Waals surface area contributed by atoms with Gasteiger partial charge in [0, 0.05) is 64.3 Å². The van der Waals surface area contributed by atoms with Gasteiger partial charge in [0.05, 0.1) is 16.6 Å². The Morgan fingerprint density at radius 2 is 0.546 bits per heavy atom. The molecule has 0 radical (unpaired) electrons. The van der Waals surface area contributed by atoms with Gasteiger partial charge in [0.25, 0.3) is 0 Å². The summed E-state index contributed by atoms with van der Waals surface area (Å²) in [5.74, 6) is 0. The van der Waals surface area contributed by atoms with Gasteiger partial charge in [0.15, 0.2) is 0 Å². The van der Waals surface area contributed by atoms with Crippen molar-refractivity contribution in [3.05, 3.63) is 492 Å². The molecular weight excluding hydrogens is 2320 g/mol. The van der Waals surface area contributed by atoms with E-state index in [0.717, 1.165) is 182 Å². The Morgan fingerprint density at radius 1 is 0.206 bits per heavy atom. The standard InChI is InChI=1S/3C42H25N3S.3Pt/c1-2-10-28(11-3-1)29-19-21-30(22-20-29)34-15-9-25-43-41(34)31-12-8-13-33(26-31)45-38-17-6-4-14-35(38)36-24-23-32(27-39(36)45)42-44-37-16-5-7-18-40(37)46-42;1-2-9-28(10-3-1)29-17-19-30(20-18-29)33-22-24-37(43-27-33)31-11-8-12-34(25-31)45-39-15-6-4-13-35(39)36-23-21-32(26-40(36)45)42-44-38-14-5-7-16-41(38)46-42;1-2-9-28(10-3-1)29-17-19-30(20-18-29)31-23-24-43-38(26-31)32-11-8-12-34(25-32)45-39-15-6-4-13-35(39)36-22-21-33(27-40(36)45)42-44-37-14-5-7-16-41(37)46-42;;;/h1-25H;1-24,27H;1-24,26H;;;/q3*-2;3*+2. The molecule has 9 heterocycles. The van der Waals surface area contributed by atoms with Crippen LogP contribution in [0.3, 0.4) is 0 Å². The zero-order valence-corrected chi connectivity index (χ0v) is 84.3. The van der Waals surface area contributed by atoms with Crippen molar-refractivity contribution in [2.24, 2.45) is 0 Å². The number of rotatable bonds is 15. The molecule has 0 saturated carbocycles. The number of benzene rings is 18. The Hall–Kier alpha value is -15.5. The quantitative estimate of drug-likeness (QED) is 0.0950. The molecular formula is C126H75N9Pt3S3. The topological polar surface area (TPSA) is 92.1 Å². The summed E-state index contributed by atoms with van der Waals surface area (Å²) in [4.78, 5) is 29.3. The molecule has 141 heavy (non-hydrogen) atoms. The van der Waals surface area contributed by atoms with E-state index in [1.165, 1.54) is 63.6 Å². The van der Waals surface area contributed by atoms with Gasteiger partial charge in [-0.3, -0.25) is 15.0 Å². The van der Waals surface area contributed by atoms with Crippen molar-refractivity contribution in [2.45, 2.75) is 0 Å². The molecule has 27 aromatic rings. The number of hydrogen-bond acceptors (Lipinski definition) is 9. The number of para-hydroxylation sites is 6. The van der Waals surface area contributed by atoms with Crippen LogP contribution >= 0.6 is 34.0 Å². The summed E-state index contributed by atoms with van der Waals surface area (Å²) in [5.41, 5.74) is 34.6. The fourth-order valence-corrected chi connectivity index (χ4v) is 21.6. The summed E-state index contributed by atoms with van der Waals surface area (Å²) in [6.45, 7) is 0. The Morgan fingerprint density at radius 3 is 0.950 bits per heavy atom. The van der Waals surface area contributed by atoms with E-state index in [9.17, 15) is 0 Å². The summed E-state index contributed by atoms with van der Waals surface area (Å²) in [6.07, 6.45) is 5.69. The van der Waals surface area contributed by atoms with Crippen molar-refractivity contribution in [3.8, 4) is 149 Å². The molecule has 0 fully saturated rings. The molecule has 672 valence electrons. The molecule has 0 bridgehead atoms. The largest absolute Gasteiger partial charge is 2.00 e. The second-order valence-electron chi connectivity index (χ2n) is 33.9. The molecule has 0 amide bonds. The molecule has 0 spiro atoms. The van der Waals surface area contributed by atoms with Gasteiger partial charge in [-0.2, -0.15) is 34.0 Å². The Bertz CT molecular complexity index is 9180. The normalized spacial score (nSPS) is 11.2. The van der Waals surface area contributed by atoms with E-state index >= 15 is 0 Å². The molecule has 27 rings (SSSR count). The third kappa shape index (κ3) is 17.8. The first-order valence-corrected chi connectivity index (χ1v) is 48.2. The smallest absolute Gasteiger partial charge is 0.346 e. The predicted molar refractivity (Wildman–Crippen MR) is 574 cm³/mol. The van der Waals surface area contributed by atoms with Crippen LogP contribution in [0, 0.1) is 36.4 Å². The van der Waals surface area contributed by atoms with Gasteiger partial charge in [-0.25, -0.2) is 0 Å². The van der Waals surface area contributed by atoms with E-state index < -0.39 is 0 Å². The molecule has 0 aliphatic heterocycles. The minimum absolute atomic E-state index is 0. The van der Waals surface area contributed by atoms with Crippen LogP contribution in [-0.2, 0) is 63.2 Å². The molecule has 0 aliphatic carbocycles. The zero-order chi connectivity index (χ0) is 91.4. The minimum Gasteiger partial charge on any atom is -0.346 e. The van der Waals surface area contributed by atoms with Crippen LogP contribution in [-0.4, -0.2) is 43.6 Å². The van der Waals surface area contributed by atoms with Gasteiger partial charge < -0.3 is 28.7 Å². The average Bonchev–Trinajstić information content (AvgIpc) is 1.59. The van der Waals surface area contributed by atoms with Crippen molar-refractivity contribution in [1.82, 2.24) is 43.6 Å². The summed E-state index contributed by atoms with van der Waals surface area (Å²) >= 11 is 5.10. The summed E-state index contributed by atoms with van der Waals surface area (Å²) in [5, 5.41) is 9.91. The maximum atomic E-state index is 4.92. The number of pyridine rings is 3. The van der Waals surface area contributed by atoms with E-state index in [4.69, 9.17) is 29.9 Å². The maximum Gasteiger partial charge on any atom is 2.00 e. The molecule has 15 heteroatoms. The van der Waals surface area contributed by atoms with Crippen LogP contribution in [0.1, 0.15) is 0 Å². The summed E-state index contributed by atoms with van der Waals surface area (Å²) in [7, 11) is 0. The monoisotopic (exact) mass is 2390 g/mol. The third-order valence-corrected chi connectivity index (χ3v) is 28.7. The van der Waals surface area contributed by atoms with Crippen LogP contribution < -0.4 is 0 Å². The van der Waals surface area contributed by atoms with Crippen molar-refractivity contribution in [3.63, 3.8) is 0 Å². The van der Waals surface area contributed by atoms with E-state index in [2.05, 4.69) is 444 Å². The molecule has 0 saturated heterocycles. The molecule has 0 atom stereocenters. The van der Waals surface area contributed by atoms with Gasteiger partial charge >= 0.3 is 63.2 Å². The number of fused-ring (bicyclic) bond motifs is 12. The maximum absolute atomic E-state index is 4.92. The van der Waals surface area contributed by atoms with Crippen LogP contribution in [0.2, 0.25) is 0 Å². The van der Waals surface area contributed by atoms with Crippen LogP contribution in [0.15, 0.2) is 455 Å². The SMILES string of the molecule is [Pt+2].[Pt+2].[Pt+2].[c-]1c(-c2cc(-c3ccc(-c4ccccc4)cc3)ccn2)cccc1-n1c2[c-]c(-c3nc4ccccc4s3)ccc2c2ccccc21.[c-]1c(-c2ccc(-c3ccc(-c4ccccc4)cc3)cn2)cccc1-n1c2[c-]c(-c3nc4ccccc4s3)ccc2c2ccccc21.[c-]1c(-c2ncccc2-c2ccc(-c3ccccc3)cc2)cccc1-n1c2[c-]c(-c3nc4ccccc4s3)ccc2c2ccccc21. The molecule has 0 unspecified atom stereocenters. The molecule has 9 nitrogen and oxygen atoms in total. The van der Waals surface area contributed by atoms with Crippen LogP contribution in [0.25, 0.3) is 245 Å². The Kier molecular flexibility index (Phi) is 25.6. The van der Waals surface area contributed by atoms with Gasteiger partial charge in [-0.15, -0.1) is 161 Å². The van der Waals surface area contributed by atoms with E-state index in [1.807, 2.05) is 61.1 Å². The second kappa shape index (κ2) is 39.8. The first-order chi connectivity index (χ1) is 68.4. The zero-order valence-electron chi connectivity index (χ0n) is 75.0. The van der Waals surface area contributed by atoms with Crippen LogP contribution in [0.4, 0.5) is 0 Å². The molecule has 0 aliphatic rings. The van der Waals surface area contributed by atoms with Crippen molar-refractivity contribution in [2.75, 3.05) is 0 Å². The summed E-state index contributed by atoms with van der Waals surface area (Å²) < 4.78 is 10.3. The first-order valence-electron chi connectivity index (χ1n) is 45.8. The minimum atomic E-state index is 0. The van der Waals surface area contributed by atoms with Crippen molar-refractivity contribution < 1.29 is 63.2 Å². The van der Waals surface area contributed by atoms with E-state index in [0.29, 0.717) is 0 Å². The van der Waals surface area contributed by atoms with Gasteiger partial charge in [0.2, 0.25) is 0 Å². The van der Waals surface area contributed by atoms with Gasteiger partial charge in [-0.1, -0.05) is 295 Å². The Balaban J connectivity index is 0.000000120. The molecule has 0 N–H and O–H groups in total. The molecule has 18 aromatic carbocycles. The van der Waals surface area contributed by atoms with E-state index in [-0.39, 0.29) is 63.2 Å². The fourth-order valence-electron chi connectivity index (χ4n) is 18.7. The number of thiazole rings is 3. The van der Waals surface area contributed by atoms with E-state index in [1.54, 1.807) is 34.0 Å². The predicted octanol–water partition coefficient (Wildman–Crippen LogP) is 33.2. The van der Waals surface area contributed by atoms with Gasteiger partial charge in [0.1, 0.15) is 0 Å². The third-order valence-electron chi connectivity index (χ3n) is 25.5. The molecule has 9 aromatic heterocycles. The van der Waals surface area contributed by atoms with Crippen molar-refractivity contribution in [1.29, 1.82) is 0 Å².